The fourth-order valence-electron chi connectivity index (χ4n) is 2.90. The van der Waals surface area contributed by atoms with E-state index in [0.717, 1.165) is 5.56 Å². The van der Waals surface area contributed by atoms with Gasteiger partial charge in [-0.2, -0.15) is 26.3 Å². The third-order valence-electron chi connectivity index (χ3n) is 4.24. The van der Waals surface area contributed by atoms with Crippen molar-refractivity contribution in [3.8, 4) is 0 Å². The minimum Gasteiger partial charge on any atom is -0.325 e. The van der Waals surface area contributed by atoms with Gasteiger partial charge in [-0.05, 0) is 23.8 Å². The summed E-state index contributed by atoms with van der Waals surface area (Å²) in [6, 6.07) is 9.59. The van der Waals surface area contributed by atoms with Gasteiger partial charge < -0.3 is 10.2 Å². The van der Waals surface area contributed by atoms with Gasteiger partial charge in [0.2, 0.25) is 11.8 Å². The van der Waals surface area contributed by atoms with Gasteiger partial charge in [0.15, 0.2) is 0 Å². The standard InChI is InChI=1S/C19H14F6N2O2S/c20-18(21,22)12-6-13(19(23,24)25)8-14(7-12)26-15(28)9-27-16(29)10-30-17(27)11-4-2-1-3-5-11/h1-8,17H,9-10H2,(H,26,28). The van der Waals surface area contributed by atoms with E-state index in [4.69, 9.17) is 0 Å². The van der Waals surface area contributed by atoms with Gasteiger partial charge in [0.05, 0.1) is 16.9 Å². The van der Waals surface area contributed by atoms with Crippen LogP contribution < -0.4 is 5.32 Å². The third-order valence-corrected chi connectivity index (χ3v) is 5.49. The fraction of sp³-hybridized carbons (Fsp3) is 0.263. The number of rotatable bonds is 4. The van der Waals surface area contributed by atoms with Crippen LogP contribution in [0.4, 0.5) is 32.0 Å². The number of thioether (sulfide) groups is 1. The molecule has 1 aliphatic rings. The first-order valence-corrected chi connectivity index (χ1v) is 9.55. The van der Waals surface area contributed by atoms with E-state index in [1.807, 2.05) is 5.32 Å². The van der Waals surface area contributed by atoms with Crippen LogP contribution in [0.15, 0.2) is 48.5 Å². The van der Waals surface area contributed by atoms with Crippen LogP contribution in [0.2, 0.25) is 0 Å². The molecule has 0 aromatic heterocycles. The summed E-state index contributed by atoms with van der Waals surface area (Å²) >= 11 is 1.27. The van der Waals surface area contributed by atoms with Crippen LogP contribution in [0.25, 0.3) is 0 Å². The molecule has 30 heavy (non-hydrogen) atoms. The van der Waals surface area contributed by atoms with Crippen molar-refractivity contribution < 1.29 is 35.9 Å². The Balaban J connectivity index is 1.81. The van der Waals surface area contributed by atoms with E-state index in [2.05, 4.69) is 0 Å². The second-order valence-electron chi connectivity index (χ2n) is 6.44. The van der Waals surface area contributed by atoms with Crippen LogP contribution in [0.5, 0.6) is 0 Å². The monoisotopic (exact) mass is 448 g/mol. The molecule has 4 nitrogen and oxygen atoms in total. The maximum absolute atomic E-state index is 13.0. The molecule has 1 saturated heterocycles. The highest BCUT2D eigenvalue weighted by atomic mass is 32.2. The first-order valence-electron chi connectivity index (χ1n) is 8.50. The molecule has 0 saturated carbocycles. The lowest BCUT2D eigenvalue weighted by molar-refractivity contribution is -0.143. The van der Waals surface area contributed by atoms with E-state index < -0.39 is 47.0 Å². The first kappa shape index (κ1) is 22.0. The Morgan fingerprint density at radius 1 is 1.00 bits per heavy atom. The molecule has 1 N–H and O–H groups in total. The average molecular weight is 448 g/mol. The number of hydrogen-bond donors (Lipinski definition) is 1. The smallest absolute Gasteiger partial charge is 0.325 e. The van der Waals surface area contributed by atoms with Crippen LogP contribution >= 0.6 is 11.8 Å². The lowest BCUT2D eigenvalue weighted by atomic mass is 10.1. The highest BCUT2D eigenvalue weighted by Crippen LogP contribution is 2.39. The molecule has 1 heterocycles. The molecule has 3 rings (SSSR count). The maximum Gasteiger partial charge on any atom is 0.416 e. The molecule has 2 amide bonds. The highest BCUT2D eigenvalue weighted by molar-refractivity contribution is 8.00. The van der Waals surface area contributed by atoms with Gasteiger partial charge in [0.1, 0.15) is 11.9 Å². The molecule has 0 aliphatic carbocycles. The molecule has 2 aromatic rings. The normalized spacial score (nSPS) is 17.3. The van der Waals surface area contributed by atoms with Gasteiger partial charge in [0.25, 0.3) is 0 Å². The number of carbonyl (C=O) groups is 2. The minimum absolute atomic E-state index is 0.0261. The molecule has 1 aliphatic heterocycles. The summed E-state index contributed by atoms with van der Waals surface area (Å²) in [4.78, 5) is 25.7. The number of alkyl halides is 6. The summed E-state index contributed by atoms with van der Waals surface area (Å²) in [5, 5.41) is 1.57. The van der Waals surface area contributed by atoms with E-state index in [0.29, 0.717) is 12.1 Å². The van der Waals surface area contributed by atoms with E-state index in [9.17, 15) is 35.9 Å². The lowest BCUT2D eigenvalue weighted by Crippen LogP contribution is -2.36. The molecule has 1 fully saturated rings. The van der Waals surface area contributed by atoms with Crippen molar-refractivity contribution in [1.29, 1.82) is 0 Å². The first-order chi connectivity index (χ1) is 13.9. The number of anilines is 1. The molecule has 1 unspecified atom stereocenters. The second kappa shape index (κ2) is 8.21. The van der Waals surface area contributed by atoms with Gasteiger partial charge in [-0.1, -0.05) is 30.3 Å². The molecule has 0 radical (unpaired) electrons. The Kier molecular flexibility index (Phi) is 6.02. The van der Waals surface area contributed by atoms with Gasteiger partial charge in [0, 0.05) is 5.69 Å². The lowest BCUT2D eigenvalue weighted by Gasteiger charge is -2.24. The summed E-state index contributed by atoms with van der Waals surface area (Å²) < 4.78 is 77.7. The molecule has 1 atom stereocenters. The van der Waals surface area contributed by atoms with Gasteiger partial charge >= 0.3 is 12.4 Å². The van der Waals surface area contributed by atoms with Gasteiger partial charge in [-0.15, -0.1) is 11.8 Å². The number of benzene rings is 2. The molecule has 2 aromatic carbocycles. The molecule has 0 bridgehead atoms. The minimum atomic E-state index is -5.03. The van der Waals surface area contributed by atoms with Crippen LogP contribution in [-0.2, 0) is 21.9 Å². The summed E-state index contributed by atoms with van der Waals surface area (Å²) in [5.41, 5.74) is -2.98. The Morgan fingerprint density at radius 2 is 1.57 bits per heavy atom. The van der Waals surface area contributed by atoms with Crippen molar-refractivity contribution in [2.45, 2.75) is 17.7 Å². The summed E-state index contributed by atoms with van der Waals surface area (Å²) in [7, 11) is 0. The van der Waals surface area contributed by atoms with Crippen LogP contribution in [0.1, 0.15) is 22.1 Å². The highest BCUT2D eigenvalue weighted by Gasteiger charge is 2.38. The Morgan fingerprint density at radius 3 is 2.10 bits per heavy atom. The zero-order valence-electron chi connectivity index (χ0n) is 15.1. The number of halogens is 6. The quantitative estimate of drug-likeness (QED) is 0.675. The summed E-state index contributed by atoms with van der Waals surface area (Å²) in [6.07, 6.45) is -10.1. The van der Waals surface area contributed by atoms with Crippen molar-refractivity contribution in [2.75, 3.05) is 17.6 Å². The predicted octanol–water partition coefficient (Wildman–Crippen LogP) is 4.94. The largest absolute Gasteiger partial charge is 0.416 e. The Hall–Kier alpha value is -2.69. The Labute approximate surface area is 171 Å². The SMILES string of the molecule is O=C(CN1C(=O)CSC1c1ccccc1)Nc1cc(C(F)(F)F)cc(C(F)(F)F)c1. The van der Waals surface area contributed by atoms with Crippen LogP contribution in [0.3, 0.4) is 0 Å². The number of carbonyl (C=O) groups excluding carboxylic acids is 2. The molecular weight excluding hydrogens is 434 g/mol. The van der Waals surface area contributed by atoms with Crippen LogP contribution in [0, 0.1) is 0 Å². The van der Waals surface area contributed by atoms with E-state index >= 15 is 0 Å². The van der Waals surface area contributed by atoms with Gasteiger partial charge in [-0.3, -0.25) is 9.59 Å². The Bertz CT molecular complexity index is 914. The zero-order valence-corrected chi connectivity index (χ0v) is 15.9. The average Bonchev–Trinajstić information content (AvgIpc) is 3.01. The summed E-state index contributed by atoms with van der Waals surface area (Å²) in [6.45, 7) is -0.511. The van der Waals surface area contributed by atoms with E-state index in [1.54, 1.807) is 30.3 Å². The molecule has 0 spiro atoms. The zero-order chi connectivity index (χ0) is 22.1. The molecule has 160 valence electrons. The fourth-order valence-corrected chi connectivity index (χ4v) is 4.09. The van der Waals surface area contributed by atoms with Gasteiger partial charge in [-0.25, -0.2) is 0 Å². The van der Waals surface area contributed by atoms with Crippen molar-refractivity contribution >= 4 is 29.3 Å². The molecule has 11 heteroatoms. The van der Waals surface area contributed by atoms with Crippen molar-refractivity contribution in [2.24, 2.45) is 0 Å². The second-order valence-corrected chi connectivity index (χ2v) is 7.51. The number of hydrogen-bond acceptors (Lipinski definition) is 3. The number of nitrogens with one attached hydrogen (secondary N) is 1. The van der Waals surface area contributed by atoms with Crippen molar-refractivity contribution in [1.82, 2.24) is 4.90 Å². The maximum atomic E-state index is 13.0. The van der Waals surface area contributed by atoms with E-state index in [1.165, 1.54) is 16.7 Å². The van der Waals surface area contributed by atoms with E-state index in [-0.39, 0.29) is 17.7 Å². The van der Waals surface area contributed by atoms with Crippen LogP contribution in [-0.4, -0.2) is 29.0 Å². The van der Waals surface area contributed by atoms with Crippen molar-refractivity contribution in [3.63, 3.8) is 0 Å². The van der Waals surface area contributed by atoms with Crippen molar-refractivity contribution in [3.05, 3.63) is 65.2 Å². The topological polar surface area (TPSA) is 49.4 Å². The number of amides is 2. The number of nitrogens with zero attached hydrogens (tertiary/aromatic N) is 1. The third kappa shape index (κ3) is 5.07. The summed E-state index contributed by atoms with van der Waals surface area (Å²) in [5.74, 6) is -1.16. The molecular formula is C19H14F6N2O2S. The predicted molar refractivity (Wildman–Crippen MR) is 98.4 cm³/mol.